The van der Waals surface area contributed by atoms with Crippen LogP contribution in [0.1, 0.15) is 0 Å². The molecule has 0 aliphatic heterocycles. The Morgan fingerprint density at radius 3 is 2.58 bits per heavy atom. The fourth-order valence-electron chi connectivity index (χ4n) is 2.77. The Kier molecular flexibility index (Phi) is 3.39. The lowest BCUT2D eigenvalue weighted by molar-refractivity contribution is 0.415. The van der Waals surface area contributed by atoms with E-state index in [0.717, 1.165) is 34.0 Å². The highest BCUT2D eigenvalue weighted by Gasteiger charge is 2.16. The van der Waals surface area contributed by atoms with Gasteiger partial charge in [-0.25, -0.2) is 4.98 Å². The van der Waals surface area contributed by atoms with E-state index in [0.29, 0.717) is 5.69 Å². The number of nitrogens with two attached hydrogens (primary N) is 1. The smallest absolute Gasteiger partial charge is 0.140 e. The van der Waals surface area contributed by atoms with Crippen LogP contribution in [-0.2, 0) is 0 Å². The second kappa shape index (κ2) is 5.70. The standard InChI is InChI=1S/C19H16N4O/c1-24-15-7-5-13(6-8-15)19-18(16-4-2-3-10-21-16)22-17-12-14(20)9-11-23(17)19/h2-12H,20H2,1H3. The van der Waals surface area contributed by atoms with Gasteiger partial charge in [0.05, 0.1) is 18.5 Å². The number of rotatable bonds is 3. The summed E-state index contributed by atoms with van der Waals surface area (Å²) in [4.78, 5) is 9.21. The fourth-order valence-corrected chi connectivity index (χ4v) is 2.77. The van der Waals surface area contributed by atoms with Gasteiger partial charge in [-0.3, -0.25) is 9.38 Å². The van der Waals surface area contributed by atoms with Crippen LogP contribution >= 0.6 is 0 Å². The maximum Gasteiger partial charge on any atom is 0.140 e. The van der Waals surface area contributed by atoms with E-state index >= 15 is 0 Å². The molecule has 0 fully saturated rings. The van der Waals surface area contributed by atoms with E-state index in [9.17, 15) is 0 Å². The van der Waals surface area contributed by atoms with Gasteiger partial charge in [0.2, 0.25) is 0 Å². The van der Waals surface area contributed by atoms with E-state index in [1.54, 1.807) is 13.3 Å². The quantitative estimate of drug-likeness (QED) is 0.626. The summed E-state index contributed by atoms with van der Waals surface area (Å²) in [5.41, 5.74) is 11.1. The number of pyridine rings is 2. The second-order valence-corrected chi connectivity index (χ2v) is 5.44. The monoisotopic (exact) mass is 316 g/mol. The van der Waals surface area contributed by atoms with E-state index in [-0.39, 0.29) is 0 Å². The van der Waals surface area contributed by atoms with Crippen molar-refractivity contribution in [2.24, 2.45) is 0 Å². The van der Waals surface area contributed by atoms with Gasteiger partial charge >= 0.3 is 0 Å². The topological polar surface area (TPSA) is 65.4 Å². The summed E-state index contributed by atoms with van der Waals surface area (Å²) in [6.07, 6.45) is 3.70. The molecule has 0 radical (unpaired) electrons. The zero-order valence-corrected chi connectivity index (χ0v) is 13.2. The van der Waals surface area contributed by atoms with Crippen LogP contribution in [0.25, 0.3) is 28.3 Å². The zero-order valence-electron chi connectivity index (χ0n) is 13.2. The molecule has 0 saturated carbocycles. The summed E-state index contributed by atoms with van der Waals surface area (Å²) in [7, 11) is 1.66. The molecule has 24 heavy (non-hydrogen) atoms. The van der Waals surface area contributed by atoms with E-state index in [4.69, 9.17) is 15.5 Å². The third-order valence-corrected chi connectivity index (χ3v) is 3.92. The maximum absolute atomic E-state index is 5.91. The van der Waals surface area contributed by atoms with Gasteiger partial charge in [-0.05, 0) is 42.5 Å². The van der Waals surface area contributed by atoms with Gasteiger partial charge < -0.3 is 10.5 Å². The van der Waals surface area contributed by atoms with E-state index in [1.807, 2.05) is 65.2 Å². The summed E-state index contributed by atoms with van der Waals surface area (Å²) in [6.45, 7) is 0. The van der Waals surface area contributed by atoms with Crippen LogP contribution in [0, 0.1) is 0 Å². The Labute approximate surface area is 139 Å². The minimum Gasteiger partial charge on any atom is -0.497 e. The van der Waals surface area contributed by atoms with Crippen molar-refractivity contribution in [1.82, 2.24) is 14.4 Å². The zero-order chi connectivity index (χ0) is 16.5. The van der Waals surface area contributed by atoms with Crippen LogP contribution < -0.4 is 10.5 Å². The van der Waals surface area contributed by atoms with E-state index in [2.05, 4.69) is 4.98 Å². The Morgan fingerprint density at radius 2 is 1.88 bits per heavy atom. The predicted molar refractivity (Wildman–Crippen MR) is 94.8 cm³/mol. The van der Waals surface area contributed by atoms with E-state index in [1.165, 1.54) is 0 Å². The molecule has 5 heteroatoms. The molecule has 0 unspecified atom stereocenters. The Morgan fingerprint density at radius 1 is 1.04 bits per heavy atom. The molecular formula is C19H16N4O. The number of methoxy groups -OCH3 is 1. The minimum absolute atomic E-state index is 0.682. The Balaban J connectivity index is 2.00. The number of hydrogen-bond acceptors (Lipinski definition) is 4. The summed E-state index contributed by atoms with van der Waals surface area (Å²) in [6, 6.07) is 17.4. The number of ether oxygens (including phenoxy) is 1. The largest absolute Gasteiger partial charge is 0.497 e. The van der Waals surface area contributed by atoms with Crippen molar-refractivity contribution >= 4 is 11.3 Å². The lowest BCUT2D eigenvalue weighted by atomic mass is 10.1. The highest BCUT2D eigenvalue weighted by molar-refractivity contribution is 5.81. The molecule has 0 spiro atoms. The number of aromatic nitrogens is 3. The van der Waals surface area contributed by atoms with Gasteiger partial charge in [0.1, 0.15) is 17.1 Å². The summed E-state index contributed by atoms with van der Waals surface area (Å²) in [5.74, 6) is 0.816. The number of hydrogen-bond donors (Lipinski definition) is 1. The number of nitrogens with zero attached hydrogens (tertiary/aromatic N) is 3. The average molecular weight is 316 g/mol. The van der Waals surface area contributed by atoms with Crippen molar-refractivity contribution in [2.45, 2.75) is 0 Å². The number of benzene rings is 1. The molecule has 1 aromatic carbocycles. The Hall–Kier alpha value is -3.34. The number of nitrogen functional groups attached to an aromatic ring is 1. The first-order valence-corrected chi connectivity index (χ1v) is 7.59. The number of fused-ring (bicyclic) bond motifs is 1. The van der Waals surface area contributed by atoms with Crippen molar-refractivity contribution in [1.29, 1.82) is 0 Å². The molecule has 118 valence electrons. The average Bonchev–Trinajstić information content (AvgIpc) is 3.01. The first-order valence-electron chi connectivity index (χ1n) is 7.59. The van der Waals surface area contributed by atoms with Crippen molar-refractivity contribution in [3.8, 4) is 28.4 Å². The Bertz CT molecular complexity index is 991. The van der Waals surface area contributed by atoms with Crippen molar-refractivity contribution < 1.29 is 4.74 Å². The van der Waals surface area contributed by atoms with Crippen LogP contribution in [0.3, 0.4) is 0 Å². The molecule has 5 nitrogen and oxygen atoms in total. The van der Waals surface area contributed by atoms with Gasteiger partial charge in [0.25, 0.3) is 0 Å². The van der Waals surface area contributed by atoms with Crippen LogP contribution in [0.2, 0.25) is 0 Å². The molecule has 4 aromatic rings. The first-order chi connectivity index (χ1) is 11.8. The lowest BCUT2D eigenvalue weighted by Crippen LogP contribution is -1.92. The van der Waals surface area contributed by atoms with Crippen molar-refractivity contribution in [3.05, 3.63) is 67.0 Å². The SMILES string of the molecule is COc1ccc(-c2c(-c3ccccn3)nc3cc(N)ccn23)cc1. The number of imidazole rings is 1. The molecule has 0 aliphatic rings. The fraction of sp³-hybridized carbons (Fsp3) is 0.0526. The normalized spacial score (nSPS) is 10.9. The summed E-state index contributed by atoms with van der Waals surface area (Å²) < 4.78 is 7.28. The molecule has 3 heterocycles. The van der Waals surface area contributed by atoms with Gasteiger partial charge in [0.15, 0.2) is 0 Å². The number of anilines is 1. The lowest BCUT2D eigenvalue weighted by Gasteiger charge is -2.07. The van der Waals surface area contributed by atoms with Crippen LogP contribution in [0.4, 0.5) is 5.69 Å². The molecule has 3 aromatic heterocycles. The van der Waals surface area contributed by atoms with Gasteiger partial charge in [-0.15, -0.1) is 0 Å². The van der Waals surface area contributed by atoms with Crippen LogP contribution in [0.5, 0.6) is 5.75 Å². The predicted octanol–water partition coefficient (Wildman–Crippen LogP) is 3.65. The highest BCUT2D eigenvalue weighted by atomic mass is 16.5. The molecule has 0 saturated heterocycles. The molecule has 0 atom stereocenters. The van der Waals surface area contributed by atoms with Crippen LogP contribution in [-0.4, -0.2) is 21.5 Å². The molecular weight excluding hydrogens is 300 g/mol. The second-order valence-electron chi connectivity index (χ2n) is 5.44. The third-order valence-electron chi connectivity index (χ3n) is 3.92. The minimum atomic E-state index is 0.682. The first kappa shape index (κ1) is 14.3. The molecule has 4 rings (SSSR count). The van der Waals surface area contributed by atoms with Gasteiger partial charge in [-0.1, -0.05) is 6.07 Å². The maximum atomic E-state index is 5.91. The van der Waals surface area contributed by atoms with E-state index < -0.39 is 0 Å². The van der Waals surface area contributed by atoms with Gasteiger partial charge in [-0.2, -0.15) is 0 Å². The molecule has 0 bridgehead atoms. The summed E-state index contributed by atoms with van der Waals surface area (Å²) in [5, 5.41) is 0. The van der Waals surface area contributed by atoms with Gasteiger partial charge in [0, 0.05) is 29.7 Å². The van der Waals surface area contributed by atoms with Crippen LogP contribution in [0.15, 0.2) is 67.0 Å². The third kappa shape index (κ3) is 2.36. The molecule has 2 N–H and O–H groups in total. The van der Waals surface area contributed by atoms with Crippen molar-refractivity contribution in [2.75, 3.05) is 12.8 Å². The molecule has 0 aliphatic carbocycles. The molecule has 0 amide bonds. The highest BCUT2D eigenvalue weighted by Crippen LogP contribution is 2.33. The van der Waals surface area contributed by atoms with Crippen molar-refractivity contribution in [3.63, 3.8) is 0 Å². The summed E-state index contributed by atoms with van der Waals surface area (Å²) >= 11 is 0.